The van der Waals surface area contributed by atoms with Crippen LogP contribution in [0.4, 0.5) is 4.79 Å². The van der Waals surface area contributed by atoms with Gasteiger partial charge in [0.2, 0.25) is 0 Å². The van der Waals surface area contributed by atoms with Gasteiger partial charge in [0.1, 0.15) is 5.60 Å². The van der Waals surface area contributed by atoms with E-state index in [0.29, 0.717) is 25.2 Å². The van der Waals surface area contributed by atoms with E-state index >= 15 is 0 Å². The molecule has 1 aliphatic heterocycles. The molecule has 6 heteroatoms. The van der Waals surface area contributed by atoms with Gasteiger partial charge in [0, 0.05) is 36.7 Å². The molecule has 0 spiro atoms. The van der Waals surface area contributed by atoms with Gasteiger partial charge < -0.3 is 14.5 Å². The van der Waals surface area contributed by atoms with E-state index < -0.39 is 5.60 Å². The molecule has 2 rings (SSSR count). The zero-order valence-electron chi connectivity index (χ0n) is 15.6. The summed E-state index contributed by atoms with van der Waals surface area (Å²) in [6.07, 6.45) is 0.614. The van der Waals surface area contributed by atoms with E-state index in [9.17, 15) is 9.59 Å². The third-order valence-corrected chi connectivity index (χ3v) is 4.73. The Balaban J connectivity index is 1.92. The number of halogens is 1. The summed E-state index contributed by atoms with van der Waals surface area (Å²) in [5.41, 5.74) is 1.18. The molecule has 1 saturated heterocycles. The second-order valence-electron chi connectivity index (χ2n) is 7.73. The number of nitrogens with zero attached hydrogens (tertiary/aromatic N) is 2. The Labute approximate surface area is 158 Å². The van der Waals surface area contributed by atoms with Crippen molar-refractivity contribution in [1.29, 1.82) is 0 Å². The molecule has 1 aromatic rings. The fraction of sp³-hybridized carbons (Fsp3) is 0.579. The standard InChI is InChI=1S/C19H27BrN2O3/c1-13-10-15(20)6-7-16(13)17(23)21(5)11-14-8-9-22(12-14)18(24)25-19(2,3)4/h6-7,10,14H,8-9,11-12H2,1-5H3/t14-/m0/s1. The minimum Gasteiger partial charge on any atom is -0.444 e. The van der Waals surface area contributed by atoms with Crippen LogP contribution >= 0.6 is 15.9 Å². The van der Waals surface area contributed by atoms with Gasteiger partial charge in [-0.25, -0.2) is 4.79 Å². The molecule has 0 aliphatic carbocycles. The average Bonchev–Trinajstić information content (AvgIpc) is 2.93. The zero-order chi connectivity index (χ0) is 18.8. The first kappa shape index (κ1) is 19.8. The molecule has 2 amide bonds. The van der Waals surface area contributed by atoms with Gasteiger partial charge in [0.15, 0.2) is 0 Å². The summed E-state index contributed by atoms with van der Waals surface area (Å²) in [6.45, 7) is 9.48. The highest BCUT2D eigenvalue weighted by atomic mass is 79.9. The largest absolute Gasteiger partial charge is 0.444 e. The second kappa shape index (κ2) is 7.77. The quantitative estimate of drug-likeness (QED) is 0.753. The molecule has 1 aromatic carbocycles. The van der Waals surface area contributed by atoms with Crippen molar-refractivity contribution >= 4 is 27.9 Å². The molecule has 0 radical (unpaired) electrons. The Morgan fingerprint density at radius 3 is 2.64 bits per heavy atom. The van der Waals surface area contributed by atoms with E-state index in [2.05, 4.69) is 15.9 Å². The number of benzene rings is 1. The van der Waals surface area contributed by atoms with Crippen molar-refractivity contribution in [1.82, 2.24) is 9.80 Å². The van der Waals surface area contributed by atoms with Gasteiger partial charge in [-0.2, -0.15) is 0 Å². The molecule has 138 valence electrons. The van der Waals surface area contributed by atoms with Crippen molar-refractivity contribution in [3.05, 3.63) is 33.8 Å². The number of carbonyl (C=O) groups is 2. The van der Waals surface area contributed by atoms with E-state index in [-0.39, 0.29) is 17.9 Å². The van der Waals surface area contributed by atoms with E-state index in [4.69, 9.17) is 4.74 Å². The summed E-state index contributed by atoms with van der Waals surface area (Å²) in [4.78, 5) is 28.3. The van der Waals surface area contributed by atoms with Gasteiger partial charge in [-0.15, -0.1) is 0 Å². The molecular formula is C19H27BrN2O3. The van der Waals surface area contributed by atoms with Crippen molar-refractivity contribution in [3.63, 3.8) is 0 Å². The number of hydrogen-bond acceptors (Lipinski definition) is 3. The molecule has 1 fully saturated rings. The highest BCUT2D eigenvalue weighted by Gasteiger charge is 2.31. The minimum atomic E-state index is -0.485. The molecule has 1 heterocycles. The first-order valence-corrected chi connectivity index (χ1v) is 9.35. The van der Waals surface area contributed by atoms with E-state index in [1.807, 2.05) is 52.9 Å². The predicted octanol–water partition coefficient (Wildman–Crippen LogP) is 4.09. The molecule has 0 saturated carbocycles. The number of hydrogen-bond donors (Lipinski definition) is 0. The summed E-state index contributed by atoms with van der Waals surface area (Å²) in [5.74, 6) is 0.290. The molecule has 1 aliphatic rings. The molecule has 0 unspecified atom stereocenters. The van der Waals surface area contributed by atoms with E-state index in [0.717, 1.165) is 16.5 Å². The topological polar surface area (TPSA) is 49.9 Å². The maximum atomic E-state index is 12.7. The van der Waals surface area contributed by atoms with Crippen LogP contribution in [0.2, 0.25) is 0 Å². The number of rotatable bonds is 3. The Bertz CT molecular complexity index is 655. The Hall–Kier alpha value is -1.56. The fourth-order valence-electron chi connectivity index (χ4n) is 3.02. The second-order valence-corrected chi connectivity index (χ2v) is 8.64. The van der Waals surface area contributed by atoms with Gasteiger partial charge in [0.25, 0.3) is 5.91 Å². The first-order chi connectivity index (χ1) is 11.6. The average molecular weight is 411 g/mol. The Kier molecular flexibility index (Phi) is 6.14. The van der Waals surface area contributed by atoms with Crippen LogP contribution in [0.25, 0.3) is 0 Å². The minimum absolute atomic E-state index is 0.0146. The van der Waals surface area contributed by atoms with Crippen LogP contribution < -0.4 is 0 Å². The summed E-state index contributed by atoms with van der Waals surface area (Å²) in [7, 11) is 1.82. The van der Waals surface area contributed by atoms with Crippen LogP contribution in [0.1, 0.15) is 43.1 Å². The summed E-state index contributed by atoms with van der Waals surface area (Å²) in [6, 6.07) is 5.68. The summed E-state index contributed by atoms with van der Waals surface area (Å²) < 4.78 is 6.39. The van der Waals surface area contributed by atoms with Gasteiger partial charge in [-0.3, -0.25) is 4.79 Å². The SMILES string of the molecule is Cc1cc(Br)ccc1C(=O)N(C)C[C@@H]1CCN(C(=O)OC(C)(C)C)C1. The van der Waals surface area contributed by atoms with Crippen LogP contribution in [0.5, 0.6) is 0 Å². The molecule has 5 nitrogen and oxygen atoms in total. The summed E-state index contributed by atoms with van der Waals surface area (Å²) >= 11 is 3.42. The third-order valence-electron chi connectivity index (χ3n) is 4.24. The Morgan fingerprint density at radius 2 is 2.04 bits per heavy atom. The highest BCUT2D eigenvalue weighted by Crippen LogP contribution is 2.22. The molecular weight excluding hydrogens is 384 g/mol. The molecule has 0 N–H and O–H groups in total. The van der Waals surface area contributed by atoms with Crippen molar-refractivity contribution in [2.24, 2.45) is 5.92 Å². The van der Waals surface area contributed by atoms with Gasteiger partial charge in [-0.05, 0) is 63.8 Å². The number of carbonyl (C=O) groups excluding carboxylic acids is 2. The van der Waals surface area contributed by atoms with Crippen molar-refractivity contribution in [3.8, 4) is 0 Å². The number of amides is 2. The number of likely N-dealkylation sites (tertiary alicyclic amines) is 1. The monoisotopic (exact) mass is 410 g/mol. The third kappa shape index (κ3) is 5.46. The zero-order valence-corrected chi connectivity index (χ0v) is 17.2. The van der Waals surface area contributed by atoms with E-state index in [1.54, 1.807) is 9.80 Å². The van der Waals surface area contributed by atoms with Crippen LogP contribution in [0.3, 0.4) is 0 Å². The number of ether oxygens (including phenoxy) is 1. The van der Waals surface area contributed by atoms with Crippen LogP contribution in [-0.2, 0) is 4.74 Å². The van der Waals surface area contributed by atoms with Gasteiger partial charge in [0.05, 0.1) is 0 Å². The van der Waals surface area contributed by atoms with Crippen molar-refractivity contribution < 1.29 is 14.3 Å². The molecule has 0 aromatic heterocycles. The van der Waals surface area contributed by atoms with Gasteiger partial charge >= 0.3 is 6.09 Å². The van der Waals surface area contributed by atoms with Crippen molar-refractivity contribution in [2.75, 3.05) is 26.7 Å². The lowest BCUT2D eigenvalue weighted by Crippen LogP contribution is -2.37. The first-order valence-electron chi connectivity index (χ1n) is 8.56. The smallest absolute Gasteiger partial charge is 0.410 e. The fourth-order valence-corrected chi connectivity index (χ4v) is 3.49. The van der Waals surface area contributed by atoms with Gasteiger partial charge in [-0.1, -0.05) is 15.9 Å². The lowest BCUT2D eigenvalue weighted by molar-refractivity contribution is 0.0286. The number of aryl methyl sites for hydroxylation is 1. The lowest BCUT2D eigenvalue weighted by Gasteiger charge is -2.25. The Morgan fingerprint density at radius 1 is 1.36 bits per heavy atom. The van der Waals surface area contributed by atoms with Crippen LogP contribution in [0, 0.1) is 12.8 Å². The lowest BCUT2D eigenvalue weighted by atomic mass is 10.1. The van der Waals surface area contributed by atoms with Crippen molar-refractivity contribution in [2.45, 2.75) is 39.7 Å². The maximum absolute atomic E-state index is 12.7. The maximum Gasteiger partial charge on any atom is 0.410 e. The van der Waals surface area contributed by atoms with E-state index in [1.165, 1.54) is 0 Å². The predicted molar refractivity (Wildman–Crippen MR) is 102 cm³/mol. The molecule has 1 atom stereocenters. The van der Waals surface area contributed by atoms with Crippen LogP contribution in [0.15, 0.2) is 22.7 Å². The molecule has 0 bridgehead atoms. The highest BCUT2D eigenvalue weighted by molar-refractivity contribution is 9.10. The normalized spacial score (nSPS) is 17.5. The van der Waals surface area contributed by atoms with Crippen LogP contribution in [-0.4, -0.2) is 54.1 Å². The molecule has 25 heavy (non-hydrogen) atoms. The summed E-state index contributed by atoms with van der Waals surface area (Å²) in [5, 5.41) is 0.